The third-order valence-electron chi connectivity index (χ3n) is 5.97. The Kier molecular flexibility index (Phi) is 5.88. The van der Waals surface area contributed by atoms with Crippen molar-refractivity contribution in [2.24, 2.45) is 11.8 Å². The molecule has 1 heterocycles. The summed E-state index contributed by atoms with van der Waals surface area (Å²) in [6, 6.07) is 0.0700. The molecule has 0 radical (unpaired) electrons. The molecule has 1 aliphatic heterocycles. The summed E-state index contributed by atoms with van der Waals surface area (Å²) < 4.78 is 53.6. The van der Waals surface area contributed by atoms with E-state index in [4.69, 9.17) is 4.74 Å². The Labute approximate surface area is 156 Å². The SMILES string of the molecule is CF.CN1NC(NC(=O)OC2CC(F)(F)C2)=C(C2CCC2)C1C1CC(F)C1. The first-order valence-corrected chi connectivity index (χ1v) is 9.43. The Balaban J connectivity index is 0.00000102. The largest absolute Gasteiger partial charge is 0.445 e. The molecule has 0 aromatic rings. The van der Waals surface area contributed by atoms with Crippen molar-refractivity contribution in [3.63, 3.8) is 0 Å². The molecule has 3 aliphatic carbocycles. The van der Waals surface area contributed by atoms with Gasteiger partial charge in [-0.2, -0.15) is 0 Å². The molecule has 3 fully saturated rings. The van der Waals surface area contributed by atoms with E-state index in [1.807, 2.05) is 12.1 Å². The van der Waals surface area contributed by atoms with E-state index < -0.39 is 37.1 Å². The third kappa shape index (κ3) is 4.17. The standard InChI is InChI=1S/C17H24F3N3O2.CH3F/c1-23-14(10-5-11(18)6-10)13(9-3-2-4-9)15(22-23)21-16(24)25-12-7-17(19,20)8-12;1-2/h9-12,14,22H,2-8H2,1H3,(H,21,24);1H3. The fraction of sp³-hybridized carbons (Fsp3) is 0.833. The molecule has 1 unspecified atom stereocenters. The number of rotatable bonds is 4. The number of alkyl carbamates (subject to hydrolysis) is 1. The van der Waals surface area contributed by atoms with Crippen LogP contribution in [0.4, 0.5) is 22.4 Å². The summed E-state index contributed by atoms with van der Waals surface area (Å²) in [7, 11) is 2.39. The van der Waals surface area contributed by atoms with Crippen LogP contribution < -0.4 is 10.7 Å². The molecule has 3 saturated carbocycles. The second-order valence-electron chi connectivity index (χ2n) is 7.87. The lowest BCUT2D eigenvalue weighted by Crippen LogP contribution is -2.47. The van der Waals surface area contributed by atoms with Crippen molar-refractivity contribution in [2.75, 3.05) is 14.2 Å². The molecule has 1 atom stereocenters. The average molecular weight is 393 g/mol. The zero-order chi connectivity index (χ0) is 19.8. The molecule has 4 rings (SSSR count). The van der Waals surface area contributed by atoms with E-state index in [2.05, 4.69) is 10.7 Å². The summed E-state index contributed by atoms with van der Waals surface area (Å²) in [6.07, 6.45) is 1.37. The number of nitrogens with zero attached hydrogens (tertiary/aromatic N) is 1. The van der Waals surface area contributed by atoms with Gasteiger partial charge >= 0.3 is 6.09 Å². The molecular formula is C18H27F4N3O2. The fourth-order valence-electron chi connectivity index (χ4n) is 4.32. The van der Waals surface area contributed by atoms with Gasteiger partial charge < -0.3 is 10.2 Å². The zero-order valence-electron chi connectivity index (χ0n) is 15.6. The second kappa shape index (κ2) is 7.85. The van der Waals surface area contributed by atoms with Gasteiger partial charge in [-0.1, -0.05) is 6.42 Å². The summed E-state index contributed by atoms with van der Waals surface area (Å²) in [5.74, 6) is -1.51. The van der Waals surface area contributed by atoms with Gasteiger partial charge in [-0.3, -0.25) is 9.71 Å². The Morgan fingerprint density at radius 2 is 1.89 bits per heavy atom. The molecule has 0 aromatic heterocycles. The van der Waals surface area contributed by atoms with E-state index in [1.165, 1.54) is 0 Å². The van der Waals surface area contributed by atoms with Crippen molar-refractivity contribution >= 4 is 6.09 Å². The van der Waals surface area contributed by atoms with Gasteiger partial charge in [0, 0.05) is 19.9 Å². The van der Waals surface area contributed by atoms with Crippen LogP contribution in [-0.4, -0.2) is 49.6 Å². The first-order chi connectivity index (χ1) is 12.8. The van der Waals surface area contributed by atoms with E-state index >= 15 is 0 Å². The van der Waals surface area contributed by atoms with Gasteiger partial charge in [0.1, 0.15) is 18.1 Å². The lowest BCUT2D eigenvalue weighted by molar-refractivity contribution is -0.144. The number of halogens is 4. The number of carbonyl (C=O) groups is 1. The molecule has 5 nitrogen and oxygen atoms in total. The quantitative estimate of drug-likeness (QED) is 0.716. The van der Waals surface area contributed by atoms with Crippen LogP contribution in [-0.2, 0) is 4.74 Å². The van der Waals surface area contributed by atoms with Crippen molar-refractivity contribution < 1.29 is 27.1 Å². The maximum atomic E-state index is 13.3. The monoisotopic (exact) mass is 393 g/mol. The zero-order valence-corrected chi connectivity index (χ0v) is 15.6. The van der Waals surface area contributed by atoms with Crippen LogP contribution in [0, 0.1) is 11.8 Å². The molecule has 9 heteroatoms. The third-order valence-corrected chi connectivity index (χ3v) is 5.97. The molecule has 1 amide bonds. The highest BCUT2D eigenvalue weighted by Crippen LogP contribution is 2.46. The summed E-state index contributed by atoms with van der Waals surface area (Å²) >= 11 is 0. The minimum absolute atomic E-state index is 0.0700. The van der Waals surface area contributed by atoms with E-state index in [0.717, 1.165) is 24.8 Å². The minimum Gasteiger partial charge on any atom is -0.445 e. The molecule has 154 valence electrons. The maximum absolute atomic E-state index is 13.3. The highest BCUT2D eigenvalue weighted by molar-refractivity contribution is 5.70. The normalized spacial score (nSPS) is 33.0. The molecular weight excluding hydrogens is 366 g/mol. The molecule has 27 heavy (non-hydrogen) atoms. The number of amides is 1. The second-order valence-corrected chi connectivity index (χ2v) is 7.87. The summed E-state index contributed by atoms with van der Waals surface area (Å²) in [5.41, 5.74) is 4.27. The van der Waals surface area contributed by atoms with E-state index in [9.17, 15) is 22.4 Å². The predicted octanol–water partition coefficient (Wildman–Crippen LogP) is 3.67. The van der Waals surface area contributed by atoms with E-state index in [-0.39, 0.29) is 12.0 Å². The summed E-state index contributed by atoms with van der Waals surface area (Å²) in [4.78, 5) is 12.1. The lowest BCUT2D eigenvalue weighted by Gasteiger charge is -2.41. The van der Waals surface area contributed by atoms with Crippen molar-refractivity contribution in [1.82, 2.24) is 15.8 Å². The molecule has 0 saturated heterocycles. The van der Waals surface area contributed by atoms with Gasteiger partial charge in [0.25, 0.3) is 5.92 Å². The first-order valence-electron chi connectivity index (χ1n) is 9.43. The van der Waals surface area contributed by atoms with Gasteiger partial charge in [0.05, 0.1) is 13.2 Å². The van der Waals surface area contributed by atoms with Crippen molar-refractivity contribution in [2.45, 2.75) is 69.2 Å². The number of alkyl halides is 4. The fourth-order valence-corrected chi connectivity index (χ4v) is 4.32. The molecule has 0 bridgehead atoms. The molecule has 2 N–H and O–H groups in total. The number of hydrogen-bond donors (Lipinski definition) is 2. The minimum atomic E-state index is -2.72. The molecule has 4 aliphatic rings. The van der Waals surface area contributed by atoms with Crippen molar-refractivity contribution in [3.8, 4) is 0 Å². The van der Waals surface area contributed by atoms with Crippen LogP contribution in [0.5, 0.6) is 0 Å². The van der Waals surface area contributed by atoms with Gasteiger partial charge in [-0.05, 0) is 43.1 Å². The van der Waals surface area contributed by atoms with Crippen LogP contribution in [0.15, 0.2) is 11.4 Å². The number of ether oxygens (including phenoxy) is 1. The van der Waals surface area contributed by atoms with Crippen molar-refractivity contribution in [3.05, 3.63) is 11.4 Å². The van der Waals surface area contributed by atoms with Crippen LogP contribution in [0.1, 0.15) is 44.9 Å². The van der Waals surface area contributed by atoms with Crippen LogP contribution in [0.3, 0.4) is 0 Å². The average Bonchev–Trinajstić information content (AvgIpc) is 2.78. The van der Waals surface area contributed by atoms with E-state index in [1.54, 1.807) is 0 Å². The maximum Gasteiger partial charge on any atom is 0.413 e. The highest BCUT2D eigenvalue weighted by Gasteiger charge is 2.49. The van der Waals surface area contributed by atoms with Gasteiger partial charge in [-0.25, -0.2) is 23.0 Å². The summed E-state index contributed by atoms with van der Waals surface area (Å²) in [5, 5.41) is 4.63. The number of hydrazine groups is 1. The molecule has 0 aromatic carbocycles. The topological polar surface area (TPSA) is 53.6 Å². The Morgan fingerprint density at radius 3 is 2.37 bits per heavy atom. The smallest absolute Gasteiger partial charge is 0.413 e. The van der Waals surface area contributed by atoms with Crippen LogP contribution >= 0.6 is 0 Å². The Bertz CT molecular complexity index is 583. The Morgan fingerprint density at radius 1 is 1.26 bits per heavy atom. The summed E-state index contributed by atoms with van der Waals surface area (Å²) in [6.45, 7) is 0. The lowest BCUT2D eigenvalue weighted by atomic mass is 9.69. The van der Waals surface area contributed by atoms with Crippen LogP contribution in [0.2, 0.25) is 0 Å². The van der Waals surface area contributed by atoms with Gasteiger partial charge in [0.2, 0.25) is 0 Å². The predicted molar refractivity (Wildman–Crippen MR) is 91.3 cm³/mol. The number of nitrogens with one attached hydrogen (secondary N) is 2. The van der Waals surface area contributed by atoms with Gasteiger partial charge in [0.15, 0.2) is 0 Å². The number of hydrogen-bond acceptors (Lipinski definition) is 4. The van der Waals surface area contributed by atoms with Gasteiger partial charge in [-0.15, -0.1) is 0 Å². The van der Waals surface area contributed by atoms with E-state index in [0.29, 0.717) is 31.8 Å². The molecule has 0 spiro atoms. The van der Waals surface area contributed by atoms with Crippen LogP contribution in [0.25, 0.3) is 0 Å². The highest BCUT2D eigenvalue weighted by atomic mass is 19.3. The number of likely N-dealkylation sites (N-methyl/N-ethyl adjacent to an activating group) is 1. The first kappa shape index (κ1) is 20.2. The van der Waals surface area contributed by atoms with Crippen molar-refractivity contribution in [1.29, 1.82) is 0 Å². The number of carbonyl (C=O) groups excluding carboxylic acids is 1. The Hall–Kier alpha value is -1.51.